The minimum Gasteiger partial charge on any atom is -0.508 e. The highest BCUT2D eigenvalue weighted by molar-refractivity contribution is 6.33. The second kappa shape index (κ2) is 7.18. The van der Waals surface area contributed by atoms with Crippen LogP contribution in [0.3, 0.4) is 0 Å². The average molecular weight is 427 g/mol. The topological polar surface area (TPSA) is 114 Å². The molecule has 1 fully saturated rings. The molecule has 2 atom stereocenters. The zero-order chi connectivity index (χ0) is 21.7. The van der Waals surface area contributed by atoms with Gasteiger partial charge in [0.25, 0.3) is 0 Å². The van der Waals surface area contributed by atoms with Crippen LogP contribution < -0.4 is 16.8 Å². The number of aromatic nitrogens is 2. The Bertz CT molecular complexity index is 1130. The summed E-state index contributed by atoms with van der Waals surface area (Å²) < 4.78 is 1.80. The van der Waals surface area contributed by atoms with Crippen molar-refractivity contribution in [1.82, 2.24) is 9.61 Å². The van der Waals surface area contributed by atoms with Gasteiger partial charge in [-0.25, -0.2) is 9.51 Å². The van der Waals surface area contributed by atoms with Crippen molar-refractivity contribution in [2.45, 2.75) is 45.2 Å². The highest BCUT2D eigenvalue weighted by Crippen LogP contribution is 2.46. The third-order valence-corrected chi connectivity index (χ3v) is 6.93. The molecule has 4 rings (SSSR count). The Morgan fingerprint density at radius 2 is 2.10 bits per heavy atom. The van der Waals surface area contributed by atoms with Gasteiger partial charge in [-0.2, -0.15) is 5.10 Å². The Labute approximate surface area is 180 Å². The quantitative estimate of drug-likeness (QED) is 0.371. The molecule has 1 aromatic carbocycles. The number of halogens is 1. The van der Waals surface area contributed by atoms with E-state index in [1.165, 1.54) is 12.1 Å². The van der Waals surface area contributed by atoms with E-state index in [4.69, 9.17) is 23.1 Å². The number of aromatic hydroxyl groups is 1. The van der Waals surface area contributed by atoms with Gasteiger partial charge in [0.1, 0.15) is 11.6 Å². The monoisotopic (exact) mass is 426 g/mol. The Hall–Kier alpha value is -2.77. The van der Waals surface area contributed by atoms with Crippen molar-refractivity contribution in [3.63, 3.8) is 0 Å². The van der Waals surface area contributed by atoms with Crippen LogP contribution in [-0.2, 0) is 0 Å². The molecule has 2 aromatic heterocycles. The van der Waals surface area contributed by atoms with Gasteiger partial charge in [0, 0.05) is 29.3 Å². The number of nitrogens with one attached hydrogen (secondary N) is 1. The predicted molar refractivity (Wildman–Crippen MR) is 122 cm³/mol. The van der Waals surface area contributed by atoms with Gasteiger partial charge in [-0.3, -0.25) is 0 Å². The Morgan fingerprint density at radius 1 is 1.33 bits per heavy atom. The van der Waals surface area contributed by atoms with E-state index >= 15 is 0 Å². The molecular weight excluding hydrogens is 400 g/mol. The number of anilines is 1. The Kier molecular flexibility index (Phi) is 4.91. The standard InChI is InChI=1S/C22H27ClN6O/c1-21(2)18(8-9-22(21,3)25)28-19-14(12-26-29-10-4-5-17(19)29)20(24)27-16-7-6-13(30)11-15(16)23/h4-7,10-12,18,28,30H,8-9,25H2,1-3H3,(H2,24,27)/t18?,22-/m0/s1. The second-order valence-corrected chi connectivity index (χ2v) is 9.19. The lowest BCUT2D eigenvalue weighted by atomic mass is 9.75. The second-order valence-electron chi connectivity index (χ2n) is 8.78. The summed E-state index contributed by atoms with van der Waals surface area (Å²) in [5.74, 6) is 0.358. The lowest BCUT2D eigenvalue weighted by Crippen LogP contribution is -2.51. The molecule has 0 amide bonds. The van der Waals surface area contributed by atoms with E-state index in [2.05, 4.69) is 36.2 Å². The van der Waals surface area contributed by atoms with Gasteiger partial charge in [0.2, 0.25) is 0 Å². The molecule has 0 bridgehead atoms. The molecule has 2 heterocycles. The molecule has 30 heavy (non-hydrogen) atoms. The third-order valence-electron chi connectivity index (χ3n) is 6.63. The number of phenols is 1. The number of nitrogens with zero attached hydrogens (tertiary/aromatic N) is 3. The van der Waals surface area contributed by atoms with Crippen molar-refractivity contribution >= 4 is 34.3 Å². The SMILES string of the molecule is CC1(C)C(Nc2c(/C(N)=N/c3ccc(O)cc3Cl)cnn3cccc23)CC[C@]1(C)N. The molecule has 8 heteroatoms. The number of phenolic OH excluding ortho intramolecular Hbond substituents is 1. The largest absolute Gasteiger partial charge is 0.508 e. The summed E-state index contributed by atoms with van der Waals surface area (Å²) in [6, 6.07) is 8.68. The molecule has 1 unspecified atom stereocenters. The van der Waals surface area contributed by atoms with Gasteiger partial charge in [-0.1, -0.05) is 25.4 Å². The molecule has 7 nitrogen and oxygen atoms in total. The maximum absolute atomic E-state index is 9.58. The summed E-state index contributed by atoms with van der Waals surface area (Å²) in [7, 11) is 0. The van der Waals surface area contributed by atoms with Crippen molar-refractivity contribution in [2.24, 2.45) is 21.9 Å². The third kappa shape index (κ3) is 3.38. The molecule has 0 aliphatic heterocycles. The summed E-state index contributed by atoms with van der Waals surface area (Å²) in [5.41, 5.74) is 15.5. The van der Waals surface area contributed by atoms with Gasteiger partial charge in [-0.05, 0) is 44.0 Å². The number of aliphatic imine (C=N–C) groups is 1. The number of hydrogen-bond donors (Lipinski definition) is 4. The first-order chi connectivity index (χ1) is 14.1. The van der Waals surface area contributed by atoms with E-state index in [1.54, 1.807) is 16.8 Å². The van der Waals surface area contributed by atoms with Crippen LogP contribution in [0.15, 0.2) is 47.7 Å². The summed E-state index contributed by atoms with van der Waals surface area (Å²) in [6.45, 7) is 6.50. The first-order valence-corrected chi connectivity index (χ1v) is 10.3. The van der Waals surface area contributed by atoms with Crippen LogP contribution in [0.1, 0.15) is 39.2 Å². The van der Waals surface area contributed by atoms with Crippen LogP contribution in [0.2, 0.25) is 5.02 Å². The lowest BCUT2D eigenvalue weighted by Gasteiger charge is -2.39. The zero-order valence-electron chi connectivity index (χ0n) is 17.4. The van der Waals surface area contributed by atoms with E-state index in [9.17, 15) is 5.11 Å². The van der Waals surface area contributed by atoms with Crippen LogP contribution >= 0.6 is 11.6 Å². The van der Waals surface area contributed by atoms with Crippen molar-refractivity contribution in [1.29, 1.82) is 0 Å². The normalized spacial score (nSPS) is 23.8. The number of amidine groups is 1. The number of benzene rings is 1. The summed E-state index contributed by atoms with van der Waals surface area (Å²) >= 11 is 6.21. The highest BCUT2D eigenvalue weighted by atomic mass is 35.5. The molecular formula is C22H27ClN6O. The fourth-order valence-corrected chi connectivity index (χ4v) is 4.28. The van der Waals surface area contributed by atoms with E-state index < -0.39 is 0 Å². The van der Waals surface area contributed by atoms with Crippen molar-refractivity contribution < 1.29 is 5.11 Å². The molecule has 0 spiro atoms. The van der Waals surface area contributed by atoms with Crippen LogP contribution in [0.4, 0.5) is 11.4 Å². The zero-order valence-corrected chi connectivity index (χ0v) is 18.1. The number of hydrogen-bond acceptors (Lipinski definition) is 5. The molecule has 6 N–H and O–H groups in total. The minimum atomic E-state index is -0.269. The summed E-state index contributed by atoms with van der Waals surface area (Å²) in [5, 5.41) is 18.1. The minimum absolute atomic E-state index is 0.0736. The fourth-order valence-electron chi connectivity index (χ4n) is 4.07. The molecule has 0 saturated heterocycles. The lowest BCUT2D eigenvalue weighted by molar-refractivity contribution is 0.215. The van der Waals surface area contributed by atoms with Gasteiger partial charge in [0.05, 0.1) is 33.7 Å². The van der Waals surface area contributed by atoms with Crippen LogP contribution in [-0.4, -0.2) is 32.1 Å². The van der Waals surface area contributed by atoms with E-state index in [0.717, 1.165) is 24.0 Å². The average Bonchev–Trinajstić information content (AvgIpc) is 3.22. The van der Waals surface area contributed by atoms with Crippen LogP contribution in [0.5, 0.6) is 5.75 Å². The molecule has 1 saturated carbocycles. The fraction of sp³-hybridized carbons (Fsp3) is 0.364. The van der Waals surface area contributed by atoms with Crippen molar-refractivity contribution in [3.8, 4) is 5.75 Å². The van der Waals surface area contributed by atoms with Gasteiger partial charge in [0.15, 0.2) is 0 Å². The van der Waals surface area contributed by atoms with Gasteiger partial charge in [-0.15, -0.1) is 0 Å². The van der Waals surface area contributed by atoms with Gasteiger partial charge >= 0.3 is 0 Å². The first kappa shape index (κ1) is 20.5. The molecule has 1 aliphatic rings. The molecule has 1 aliphatic carbocycles. The number of rotatable bonds is 4. The number of fused-ring (bicyclic) bond motifs is 1. The number of nitrogens with two attached hydrogens (primary N) is 2. The van der Waals surface area contributed by atoms with Crippen LogP contribution in [0.25, 0.3) is 5.52 Å². The Morgan fingerprint density at radius 3 is 2.77 bits per heavy atom. The Balaban J connectivity index is 1.79. The summed E-state index contributed by atoms with van der Waals surface area (Å²) in [4.78, 5) is 4.50. The smallest absolute Gasteiger partial charge is 0.135 e. The molecule has 3 aromatic rings. The maximum atomic E-state index is 9.58. The molecule has 158 valence electrons. The highest BCUT2D eigenvalue weighted by Gasteiger charge is 2.49. The van der Waals surface area contributed by atoms with E-state index in [1.807, 2.05) is 18.3 Å². The van der Waals surface area contributed by atoms with Crippen molar-refractivity contribution in [2.75, 3.05) is 5.32 Å². The van der Waals surface area contributed by atoms with Crippen molar-refractivity contribution in [3.05, 3.63) is 53.3 Å². The van der Waals surface area contributed by atoms with E-state index in [-0.39, 0.29) is 28.6 Å². The van der Waals surface area contributed by atoms with Crippen LogP contribution in [0, 0.1) is 5.41 Å². The predicted octanol–water partition coefficient (Wildman–Crippen LogP) is 4.05. The van der Waals surface area contributed by atoms with Gasteiger partial charge < -0.3 is 21.9 Å². The maximum Gasteiger partial charge on any atom is 0.135 e. The van der Waals surface area contributed by atoms with E-state index in [0.29, 0.717) is 16.3 Å². The first-order valence-electron chi connectivity index (χ1n) is 9.95. The summed E-state index contributed by atoms with van der Waals surface area (Å²) in [6.07, 6.45) is 5.48. The molecule has 0 radical (unpaired) electrons.